The predicted octanol–water partition coefficient (Wildman–Crippen LogP) is 4.90. The first kappa shape index (κ1) is 29.6. The molecule has 0 atom stereocenters. The molecule has 186 valence electrons. The Labute approximate surface area is 215 Å². The molecule has 1 aromatic heterocycles. The number of hydrogen-bond donors (Lipinski definition) is 1. The molecule has 0 spiro atoms. The monoisotopic (exact) mass is 517 g/mol. The minimum absolute atomic E-state index is 0. The summed E-state index contributed by atoms with van der Waals surface area (Å²) < 4.78 is 2.14. The lowest BCUT2D eigenvalue weighted by atomic mass is 10.1. The van der Waals surface area contributed by atoms with Crippen LogP contribution >= 0.6 is 36.4 Å². The Balaban J connectivity index is 0.00000272. The summed E-state index contributed by atoms with van der Waals surface area (Å²) in [5.41, 5.74) is 3.91. The molecule has 3 rings (SSSR count). The van der Waals surface area contributed by atoms with Gasteiger partial charge in [-0.3, -0.25) is 9.69 Å². The SMILES string of the molecule is Cc1c(Cl)cccc1N1CCN(CCCNC(=O)c2nc(C)n(CC(C)C)c2C)CC1.Cl.Cl. The van der Waals surface area contributed by atoms with Gasteiger partial charge in [-0.05, 0) is 57.4 Å². The summed E-state index contributed by atoms with van der Waals surface area (Å²) in [6.07, 6.45) is 0.937. The fourth-order valence-corrected chi connectivity index (χ4v) is 4.43. The van der Waals surface area contributed by atoms with E-state index < -0.39 is 0 Å². The molecular weight excluding hydrogens is 481 g/mol. The van der Waals surface area contributed by atoms with Crippen LogP contribution in [0.5, 0.6) is 0 Å². The lowest BCUT2D eigenvalue weighted by Crippen LogP contribution is -2.47. The first-order valence-electron chi connectivity index (χ1n) is 11.3. The van der Waals surface area contributed by atoms with Gasteiger partial charge in [-0.1, -0.05) is 31.5 Å². The maximum absolute atomic E-state index is 12.6. The second-order valence-corrected chi connectivity index (χ2v) is 9.33. The number of anilines is 1. The average molecular weight is 519 g/mol. The zero-order valence-electron chi connectivity index (χ0n) is 20.4. The fraction of sp³-hybridized carbons (Fsp3) is 0.583. The van der Waals surface area contributed by atoms with Gasteiger partial charge in [0.05, 0.1) is 0 Å². The van der Waals surface area contributed by atoms with Crippen molar-refractivity contribution in [3.8, 4) is 0 Å². The molecule has 0 bridgehead atoms. The summed E-state index contributed by atoms with van der Waals surface area (Å²) >= 11 is 6.28. The van der Waals surface area contributed by atoms with Crippen LogP contribution in [0.4, 0.5) is 5.69 Å². The molecule has 2 heterocycles. The molecule has 0 saturated carbocycles. The van der Waals surface area contributed by atoms with E-state index in [1.807, 2.05) is 26.0 Å². The van der Waals surface area contributed by atoms with Crippen LogP contribution in [-0.4, -0.2) is 59.6 Å². The van der Waals surface area contributed by atoms with Crippen molar-refractivity contribution in [2.45, 2.75) is 47.6 Å². The number of rotatable bonds is 8. The van der Waals surface area contributed by atoms with Crippen LogP contribution in [-0.2, 0) is 6.54 Å². The van der Waals surface area contributed by atoms with Gasteiger partial charge in [0.25, 0.3) is 5.91 Å². The largest absolute Gasteiger partial charge is 0.369 e. The molecule has 1 amide bonds. The number of carbonyl (C=O) groups is 1. The normalized spacial score (nSPS) is 14.1. The van der Waals surface area contributed by atoms with Crippen LogP contribution in [0, 0.1) is 26.7 Å². The highest BCUT2D eigenvalue weighted by Gasteiger charge is 2.20. The maximum Gasteiger partial charge on any atom is 0.271 e. The highest BCUT2D eigenvalue weighted by molar-refractivity contribution is 6.31. The van der Waals surface area contributed by atoms with Crippen LogP contribution in [0.2, 0.25) is 5.02 Å². The minimum Gasteiger partial charge on any atom is -0.369 e. The third-order valence-corrected chi connectivity index (χ3v) is 6.47. The van der Waals surface area contributed by atoms with E-state index in [0.717, 1.165) is 67.8 Å². The summed E-state index contributed by atoms with van der Waals surface area (Å²) in [6.45, 7) is 17.0. The molecule has 1 aliphatic heterocycles. The molecule has 0 aliphatic carbocycles. The van der Waals surface area contributed by atoms with Crippen molar-refractivity contribution < 1.29 is 4.79 Å². The van der Waals surface area contributed by atoms with Crippen LogP contribution in [0.15, 0.2) is 18.2 Å². The summed E-state index contributed by atoms with van der Waals surface area (Å²) in [5, 5.41) is 3.88. The van der Waals surface area contributed by atoms with Gasteiger partial charge in [0, 0.05) is 55.7 Å². The third-order valence-electron chi connectivity index (χ3n) is 6.06. The number of hydrogen-bond acceptors (Lipinski definition) is 4. The van der Waals surface area contributed by atoms with Crippen molar-refractivity contribution >= 4 is 48.0 Å². The van der Waals surface area contributed by atoms with E-state index >= 15 is 0 Å². The molecule has 1 saturated heterocycles. The molecule has 1 fully saturated rings. The zero-order valence-corrected chi connectivity index (χ0v) is 22.7. The van der Waals surface area contributed by atoms with Crippen LogP contribution in [0.25, 0.3) is 0 Å². The molecule has 1 N–H and O–H groups in total. The smallest absolute Gasteiger partial charge is 0.271 e. The van der Waals surface area contributed by atoms with E-state index in [4.69, 9.17) is 11.6 Å². The Bertz CT molecular complexity index is 908. The van der Waals surface area contributed by atoms with Gasteiger partial charge in [0.1, 0.15) is 11.5 Å². The van der Waals surface area contributed by atoms with Crippen molar-refractivity contribution in [3.05, 3.63) is 46.0 Å². The Morgan fingerprint density at radius 2 is 1.79 bits per heavy atom. The summed E-state index contributed by atoms with van der Waals surface area (Å²) in [6, 6.07) is 6.12. The van der Waals surface area contributed by atoms with E-state index in [2.05, 4.69) is 51.5 Å². The summed E-state index contributed by atoms with van der Waals surface area (Å²) in [4.78, 5) is 22.0. The van der Waals surface area contributed by atoms with Gasteiger partial charge >= 0.3 is 0 Å². The van der Waals surface area contributed by atoms with Crippen molar-refractivity contribution in [2.75, 3.05) is 44.2 Å². The van der Waals surface area contributed by atoms with Crippen molar-refractivity contribution in [2.24, 2.45) is 5.92 Å². The van der Waals surface area contributed by atoms with Crippen LogP contribution in [0.3, 0.4) is 0 Å². The Morgan fingerprint density at radius 1 is 1.12 bits per heavy atom. The van der Waals surface area contributed by atoms with Gasteiger partial charge in [0.15, 0.2) is 0 Å². The van der Waals surface area contributed by atoms with Gasteiger partial charge < -0.3 is 14.8 Å². The number of halogens is 3. The molecule has 2 aromatic rings. The highest BCUT2D eigenvalue weighted by atomic mass is 35.5. The van der Waals surface area contributed by atoms with E-state index in [9.17, 15) is 4.79 Å². The van der Waals surface area contributed by atoms with Crippen molar-refractivity contribution in [3.63, 3.8) is 0 Å². The second-order valence-electron chi connectivity index (χ2n) is 8.92. The summed E-state index contributed by atoms with van der Waals surface area (Å²) in [7, 11) is 0. The van der Waals surface area contributed by atoms with E-state index in [1.54, 1.807) is 0 Å². The number of imidazole rings is 1. The van der Waals surface area contributed by atoms with Gasteiger partial charge in [-0.25, -0.2) is 4.98 Å². The average Bonchev–Trinajstić information content (AvgIpc) is 3.01. The lowest BCUT2D eigenvalue weighted by molar-refractivity contribution is 0.0946. The highest BCUT2D eigenvalue weighted by Crippen LogP contribution is 2.27. The lowest BCUT2D eigenvalue weighted by Gasteiger charge is -2.37. The molecule has 6 nitrogen and oxygen atoms in total. The van der Waals surface area contributed by atoms with Gasteiger partial charge in [-0.2, -0.15) is 0 Å². The number of aromatic nitrogens is 2. The van der Waals surface area contributed by atoms with Crippen molar-refractivity contribution in [1.82, 2.24) is 19.8 Å². The van der Waals surface area contributed by atoms with Crippen LogP contribution in [0.1, 0.15) is 47.8 Å². The zero-order chi connectivity index (χ0) is 22.5. The summed E-state index contributed by atoms with van der Waals surface area (Å²) in [5.74, 6) is 1.36. The van der Waals surface area contributed by atoms with E-state index in [0.29, 0.717) is 18.2 Å². The number of aryl methyl sites for hydroxylation is 1. The minimum atomic E-state index is -0.0654. The molecule has 1 aromatic carbocycles. The second kappa shape index (κ2) is 13.4. The molecule has 9 heteroatoms. The first-order valence-corrected chi connectivity index (χ1v) is 11.7. The van der Waals surface area contributed by atoms with Crippen molar-refractivity contribution in [1.29, 1.82) is 0 Å². The van der Waals surface area contributed by atoms with E-state index in [-0.39, 0.29) is 30.7 Å². The molecule has 0 unspecified atom stereocenters. The van der Waals surface area contributed by atoms with E-state index in [1.165, 1.54) is 5.69 Å². The number of nitrogens with zero attached hydrogens (tertiary/aromatic N) is 4. The van der Waals surface area contributed by atoms with Crippen LogP contribution < -0.4 is 10.2 Å². The maximum atomic E-state index is 12.6. The Morgan fingerprint density at radius 3 is 2.42 bits per heavy atom. The van der Waals surface area contributed by atoms with Gasteiger partial charge in [0.2, 0.25) is 0 Å². The Hall–Kier alpha value is -1.47. The number of carbonyl (C=O) groups excluding carboxylic acids is 1. The molecule has 33 heavy (non-hydrogen) atoms. The number of nitrogens with one attached hydrogen (secondary N) is 1. The predicted molar refractivity (Wildman–Crippen MR) is 143 cm³/mol. The molecule has 0 radical (unpaired) electrons. The number of amides is 1. The van der Waals surface area contributed by atoms with Gasteiger partial charge in [-0.15, -0.1) is 24.8 Å². The standard InChI is InChI=1S/C24H36ClN5O.2ClH/c1-17(2)16-30-19(4)23(27-20(30)5)24(31)26-10-7-11-28-12-14-29(15-13-28)22-9-6-8-21(25)18(22)3;;/h6,8-9,17H,7,10-16H2,1-5H3,(H,26,31);2*1H. The first-order chi connectivity index (χ1) is 14.8. The molecular formula is C24H38Cl3N5O. The fourth-order valence-electron chi connectivity index (χ4n) is 4.26. The quantitative estimate of drug-likeness (QED) is 0.505. The number of piperazine rings is 1. The topological polar surface area (TPSA) is 53.4 Å². The Kier molecular flexibility index (Phi) is 12.0. The molecule has 1 aliphatic rings. The third kappa shape index (κ3) is 7.51. The number of benzene rings is 1.